The van der Waals surface area contributed by atoms with Crippen molar-refractivity contribution < 1.29 is 30.0 Å². The second-order valence-corrected chi connectivity index (χ2v) is 19.2. The molecule has 0 aromatic heterocycles. The minimum absolute atomic E-state index is 0.122. The van der Waals surface area contributed by atoms with E-state index in [0.29, 0.717) is 39.0 Å². The summed E-state index contributed by atoms with van der Waals surface area (Å²) in [6, 6.07) is -1.08. The Hall–Kier alpha value is -1.30. The van der Waals surface area contributed by atoms with Gasteiger partial charge in [-0.25, -0.2) is 0 Å². The van der Waals surface area contributed by atoms with Crippen molar-refractivity contribution in [3.8, 4) is 0 Å². The molecule has 1 rings (SSSR count). The smallest absolute Gasteiger partial charge is 0.243 e. The van der Waals surface area contributed by atoms with Gasteiger partial charge in [0.15, 0.2) is 0 Å². The minimum Gasteiger partial charge on any atom is -0.392 e. The first-order valence-electron chi connectivity index (χ1n) is 26.4. The second-order valence-electron chi connectivity index (χ2n) is 19.2. The van der Waals surface area contributed by atoms with Gasteiger partial charge in [-0.05, 0) is 77.8 Å². The van der Waals surface area contributed by atoms with Gasteiger partial charge in [-0.3, -0.25) is 19.4 Å². The third kappa shape index (κ3) is 33.8. The lowest BCUT2D eigenvalue weighted by atomic mass is 10.0. The van der Waals surface area contributed by atoms with Crippen LogP contribution in [0.5, 0.6) is 0 Å². The number of hydrogen-bond donors (Lipinski definition) is 6. The maximum absolute atomic E-state index is 13.1. The van der Waals surface area contributed by atoms with Gasteiger partial charge in [-0.2, -0.15) is 0 Å². The van der Waals surface area contributed by atoms with Crippen LogP contribution in [0.4, 0.5) is 0 Å². The average molecular weight is 867 g/mol. The van der Waals surface area contributed by atoms with Crippen LogP contribution in [0, 0.1) is 0 Å². The number of hydrogen-bond acceptors (Lipinski definition) is 8. The zero-order chi connectivity index (χ0) is 44.8. The number of carbonyl (C=O) groups excluding carboxylic acids is 2. The van der Waals surface area contributed by atoms with E-state index in [-0.39, 0.29) is 11.8 Å². The van der Waals surface area contributed by atoms with Gasteiger partial charge >= 0.3 is 0 Å². The highest BCUT2D eigenvalue weighted by molar-refractivity contribution is 5.96. The molecule has 0 saturated carbocycles. The van der Waals surface area contributed by atoms with Gasteiger partial charge in [0.1, 0.15) is 12.1 Å². The summed E-state index contributed by atoms with van der Waals surface area (Å²) in [5.74, 6) is -0.246. The highest BCUT2D eigenvalue weighted by Crippen LogP contribution is 2.17. The number of aliphatic hydroxyl groups is 4. The molecule has 1 heterocycles. The summed E-state index contributed by atoms with van der Waals surface area (Å²) >= 11 is 0. The third-order valence-electron chi connectivity index (χ3n) is 12.8. The number of aliphatic hydroxyl groups excluding tert-OH is 4. The summed E-state index contributed by atoms with van der Waals surface area (Å²) in [5.41, 5.74) is 0. The Morgan fingerprint density at radius 2 is 0.689 bits per heavy atom. The molecule has 1 aliphatic rings. The summed E-state index contributed by atoms with van der Waals surface area (Å²) in [6.45, 7) is 12.2. The number of nitrogens with zero attached hydrogens (tertiary/aromatic N) is 2. The van der Waals surface area contributed by atoms with Gasteiger partial charge in [-0.15, -0.1) is 0 Å². The van der Waals surface area contributed by atoms with Crippen LogP contribution in [0.1, 0.15) is 240 Å². The lowest BCUT2D eigenvalue weighted by molar-refractivity contribution is -0.137. The predicted molar refractivity (Wildman–Crippen MR) is 256 cm³/mol. The molecule has 6 atom stereocenters. The van der Waals surface area contributed by atoms with Crippen molar-refractivity contribution in [3.05, 3.63) is 0 Å². The fraction of sp³-hybridized carbons (Fsp3) is 0.961. The van der Waals surface area contributed by atoms with Crippen molar-refractivity contribution in [2.24, 2.45) is 0 Å². The summed E-state index contributed by atoms with van der Waals surface area (Å²) < 4.78 is 0. The molecule has 1 saturated heterocycles. The van der Waals surface area contributed by atoms with Crippen molar-refractivity contribution in [1.29, 1.82) is 0 Å². The summed E-state index contributed by atoms with van der Waals surface area (Å²) in [7, 11) is 0. The summed E-state index contributed by atoms with van der Waals surface area (Å²) in [5, 5.41) is 48.7. The molecular weight excluding hydrogens is 765 g/mol. The molecule has 61 heavy (non-hydrogen) atoms. The van der Waals surface area contributed by atoms with Crippen molar-refractivity contribution in [2.75, 3.05) is 39.3 Å². The van der Waals surface area contributed by atoms with E-state index in [9.17, 15) is 30.0 Å². The quantitative estimate of drug-likeness (QED) is 0.0332. The van der Waals surface area contributed by atoms with Gasteiger partial charge in [0, 0.05) is 26.2 Å². The largest absolute Gasteiger partial charge is 0.392 e. The van der Waals surface area contributed by atoms with Crippen molar-refractivity contribution >= 4 is 11.8 Å². The third-order valence-corrected chi connectivity index (χ3v) is 12.8. The zero-order valence-electron chi connectivity index (χ0n) is 40.5. The van der Waals surface area contributed by atoms with Crippen LogP contribution in [0.15, 0.2) is 0 Å². The molecule has 0 unspecified atom stereocenters. The van der Waals surface area contributed by atoms with Crippen LogP contribution in [0.3, 0.4) is 0 Å². The number of unbranched alkanes of at least 4 members (excludes halogenated alkanes) is 23. The van der Waals surface area contributed by atoms with Crippen molar-refractivity contribution in [2.45, 2.75) is 276 Å². The zero-order valence-corrected chi connectivity index (χ0v) is 40.5. The van der Waals surface area contributed by atoms with E-state index in [1.807, 2.05) is 0 Å². The van der Waals surface area contributed by atoms with Gasteiger partial charge in [0.25, 0.3) is 0 Å². The molecule has 0 aromatic carbocycles. The van der Waals surface area contributed by atoms with Crippen LogP contribution < -0.4 is 10.6 Å². The first-order chi connectivity index (χ1) is 29.6. The van der Waals surface area contributed by atoms with E-state index in [1.165, 1.54) is 116 Å². The van der Waals surface area contributed by atoms with Gasteiger partial charge in [0.05, 0.1) is 24.4 Å². The van der Waals surface area contributed by atoms with Gasteiger partial charge in [-0.1, -0.05) is 175 Å². The molecule has 2 amide bonds. The monoisotopic (exact) mass is 867 g/mol. The lowest BCUT2D eigenvalue weighted by Gasteiger charge is -2.31. The van der Waals surface area contributed by atoms with Crippen LogP contribution in [0.2, 0.25) is 0 Å². The fourth-order valence-electron chi connectivity index (χ4n) is 9.05. The van der Waals surface area contributed by atoms with Gasteiger partial charge in [0.2, 0.25) is 11.8 Å². The Kier molecular flexibility index (Phi) is 38.1. The molecule has 6 N–H and O–H groups in total. The number of piperazine rings is 1. The molecule has 10 heteroatoms. The Morgan fingerprint density at radius 1 is 0.410 bits per heavy atom. The Balaban J connectivity index is 2.47. The first kappa shape index (κ1) is 57.7. The molecule has 0 bridgehead atoms. The summed E-state index contributed by atoms with van der Waals surface area (Å²) in [4.78, 5) is 30.5. The van der Waals surface area contributed by atoms with E-state index >= 15 is 0 Å². The highest BCUT2D eigenvalue weighted by Gasteiger charge is 2.33. The molecule has 1 fully saturated rings. The predicted octanol–water partition coefficient (Wildman–Crippen LogP) is 9.97. The maximum atomic E-state index is 13.1. The first-order valence-corrected chi connectivity index (χ1v) is 26.4. The van der Waals surface area contributed by atoms with E-state index < -0.39 is 36.5 Å². The number of amides is 2. The minimum atomic E-state index is -0.540. The molecule has 0 spiro atoms. The van der Waals surface area contributed by atoms with Crippen molar-refractivity contribution in [1.82, 2.24) is 20.4 Å². The second kappa shape index (κ2) is 40.2. The highest BCUT2D eigenvalue weighted by atomic mass is 16.3. The molecule has 362 valence electrons. The maximum Gasteiger partial charge on any atom is 0.243 e. The lowest BCUT2D eigenvalue weighted by Crippen LogP contribution is -2.61. The van der Waals surface area contributed by atoms with E-state index in [4.69, 9.17) is 0 Å². The number of rotatable bonds is 45. The summed E-state index contributed by atoms with van der Waals surface area (Å²) in [6.07, 6.45) is 34.7. The van der Waals surface area contributed by atoms with E-state index in [2.05, 4.69) is 41.2 Å². The SMILES string of the molecule is CCCCCCCCCC[C@@H](O)CN(CCCC[C@H]1NC(=O)[C@@H](CCCCN(C[C@H](O)CCCCCCCCCC)C[C@H](C)O)NC1=O)C[C@@H](O)CCCCCCCCCC. The Bertz CT molecular complexity index is 976. The Morgan fingerprint density at radius 3 is 0.984 bits per heavy atom. The van der Waals surface area contributed by atoms with Crippen LogP contribution >= 0.6 is 0 Å². The van der Waals surface area contributed by atoms with Crippen LogP contribution in [0.25, 0.3) is 0 Å². The molecule has 1 aliphatic heterocycles. The van der Waals surface area contributed by atoms with Crippen LogP contribution in [-0.4, -0.2) is 118 Å². The van der Waals surface area contributed by atoms with Crippen LogP contribution in [-0.2, 0) is 9.59 Å². The van der Waals surface area contributed by atoms with Gasteiger partial charge < -0.3 is 31.1 Å². The Labute approximate surface area is 376 Å². The number of nitrogens with one attached hydrogen (secondary N) is 2. The topological polar surface area (TPSA) is 146 Å². The van der Waals surface area contributed by atoms with Crippen molar-refractivity contribution in [3.63, 3.8) is 0 Å². The number of carbonyl (C=O) groups is 2. The molecule has 0 radical (unpaired) electrons. The standard InChI is InChI=1S/C51H102N4O6/c1-5-8-11-14-17-20-23-26-33-45(57)41-54(40-44(4)56)38-31-29-36-48-50(60)53-49(51(61)52-48)37-30-32-39-55(42-46(58)34-27-24-21-18-15-12-9-6-2)43-47(59)35-28-25-22-19-16-13-10-7-3/h44-49,56-59H,5-43H2,1-4H3,(H,52,61)(H,53,60)/t44-,45+,46-,47+,48+,49+/m0/s1. The molecule has 0 aromatic rings. The van der Waals surface area contributed by atoms with E-state index in [0.717, 1.165) is 96.6 Å². The normalized spacial score (nSPS) is 17.8. The fourth-order valence-corrected chi connectivity index (χ4v) is 9.05. The van der Waals surface area contributed by atoms with E-state index in [1.54, 1.807) is 6.92 Å². The average Bonchev–Trinajstić information content (AvgIpc) is 3.22. The molecule has 10 nitrogen and oxygen atoms in total. The molecular formula is C51H102N4O6. The molecule has 0 aliphatic carbocycles.